The van der Waals surface area contributed by atoms with Crippen molar-refractivity contribution in [3.63, 3.8) is 0 Å². The van der Waals surface area contributed by atoms with Gasteiger partial charge >= 0.3 is 0 Å². The second kappa shape index (κ2) is 7.96. The zero-order chi connectivity index (χ0) is 22.4. The molecule has 2 saturated carbocycles. The van der Waals surface area contributed by atoms with Gasteiger partial charge in [0.15, 0.2) is 11.6 Å². The van der Waals surface area contributed by atoms with Crippen molar-refractivity contribution in [1.29, 1.82) is 0 Å². The smallest absolute Gasteiger partial charge is 0.217 e. The highest BCUT2D eigenvalue weighted by Gasteiger charge is 2.64. The summed E-state index contributed by atoms with van der Waals surface area (Å²) >= 11 is 0. The molecule has 4 rings (SSSR count). The van der Waals surface area contributed by atoms with Crippen LogP contribution >= 0.6 is 0 Å². The first kappa shape index (κ1) is 22.4. The van der Waals surface area contributed by atoms with Gasteiger partial charge in [-0.05, 0) is 62.9 Å². The number of carbonyl (C=O) groups excluding carboxylic acids is 3. The molecule has 31 heavy (non-hydrogen) atoms. The van der Waals surface area contributed by atoms with Gasteiger partial charge in [-0.15, -0.1) is 0 Å². The highest BCUT2D eigenvalue weighted by Crippen LogP contribution is 2.65. The standard InChI is InChI=1S/C25H35NO5/c1-23-10-7-17(27)14-16(23)5-6-18-19(23)8-11-24(2)20(18)9-12-25(24,30)21(28)15-31-13-3-4-22(26)29/h8,14,18,20,30H,3-7,9-13,15H2,1-2H3,(H2,26,29)/t18?,20?,23-,24-,25-/m0/s1. The highest BCUT2D eigenvalue weighted by molar-refractivity contribution is 5.92. The lowest BCUT2D eigenvalue weighted by atomic mass is 9.50. The van der Waals surface area contributed by atoms with E-state index in [4.69, 9.17) is 10.5 Å². The maximum Gasteiger partial charge on any atom is 0.217 e. The van der Waals surface area contributed by atoms with Gasteiger partial charge in [0.25, 0.3) is 0 Å². The predicted octanol–water partition coefficient (Wildman–Crippen LogP) is 3.02. The van der Waals surface area contributed by atoms with Gasteiger partial charge < -0.3 is 15.6 Å². The van der Waals surface area contributed by atoms with Crippen LogP contribution in [0.4, 0.5) is 0 Å². The summed E-state index contributed by atoms with van der Waals surface area (Å²) in [6.07, 6.45) is 10.2. The van der Waals surface area contributed by atoms with Crippen molar-refractivity contribution in [3.05, 3.63) is 23.3 Å². The van der Waals surface area contributed by atoms with Gasteiger partial charge in [-0.2, -0.15) is 0 Å². The van der Waals surface area contributed by atoms with E-state index in [0.29, 0.717) is 31.6 Å². The molecule has 3 N–H and O–H groups in total. The molecule has 6 heteroatoms. The van der Waals surface area contributed by atoms with Gasteiger partial charge in [0, 0.05) is 30.3 Å². The number of allylic oxidation sites excluding steroid dienone is 4. The molecule has 4 aliphatic rings. The number of rotatable bonds is 7. The Hall–Kier alpha value is -1.79. The number of fused-ring (bicyclic) bond motifs is 5. The fourth-order valence-electron chi connectivity index (χ4n) is 6.96. The highest BCUT2D eigenvalue weighted by atomic mass is 16.5. The largest absolute Gasteiger partial charge is 0.381 e. The van der Waals surface area contributed by atoms with Gasteiger partial charge in [-0.25, -0.2) is 0 Å². The molecule has 0 aromatic heterocycles. The number of primary amides is 1. The van der Waals surface area contributed by atoms with Crippen LogP contribution in [0.2, 0.25) is 0 Å². The summed E-state index contributed by atoms with van der Waals surface area (Å²) in [7, 11) is 0. The number of ether oxygens (including phenoxy) is 1. The topological polar surface area (TPSA) is 107 Å². The molecular formula is C25H35NO5. The Balaban J connectivity index is 1.51. The first-order valence-corrected chi connectivity index (χ1v) is 11.7. The summed E-state index contributed by atoms with van der Waals surface area (Å²) in [5, 5.41) is 11.6. The Morgan fingerprint density at radius 2 is 2.00 bits per heavy atom. The Bertz CT molecular complexity index is 860. The number of carbonyl (C=O) groups is 3. The summed E-state index contributed by atoms with van der Waals surface area (Å²) in [6.45, 7) is 4.49. The van der Waals surface area contributed by atoms with Crippen LogP contribution in [0.15, 0.2) is 23.3 Å². The van der Waals surface area contributed by atoms with Crippen LogP contribution in [-0.2, 0) is 19.1 Å². The molecule has 1 amide bonds. The maximum absolute atomic E-state index is 13.1. The third-order valence-corrected chi connectivity index (χ3v) is 8.89. The van der Waals surface area contributed by atoms with E-state index < -0.39 is 11.0 Å². The number of Topliss-reactive ketones (excluding diaryl/α,β-unsaturated/α-hetero) is 1. The van der Waals surface area contributed by atoms with Gasteiger partial charge in [0.1, 0.15) is 12.2 Å². The van der Waals surface area contributed by atoms with Gasteiger partial charge in [0.05, 0.1) is 0 Å². The number of nitrogens with two attached hydrogens (primary N) is 1. The van der Waals surface area contributed by atoms with Crippen LogP contribution < -0.4 is 5.73 Å². The minimum absolute atomic E-state index is 0.0492. The number of hydrogen-bond acceptors (Lipinski definition) is 5. The van der Waals surface area contributed by atoms with Crippen molar-refractivity contribution in [2.75, 3.05) is 13.2 Å². The average molecular weight is 430 g/mol. The average Bonchev–Trinajstić information content (AvgIpc) is 3.00. The fourth-order valence-corrected chi connectivity index (χ4v) is 6.96. The van der Waals surface area contributed by atoms with E-state index in [9.17, 15) is 19.5 Å². The molecule has 0 spiro atoms. The first-order chi connectivity index (χ1) is 14.6. The predicted molar refractivity (Wildman–Crippen MR) is 116 cm³/mol. The zero-order valence-corrected chi connectivity index (χ0v) is 18.7. The van der Waals surface area contributed by atoms with E-state index in [1.807, 2.05) is 6.08 Å². The van der Waals surface area contributed by atoms with Crippen LogP contribution in [0.1, 0.15) is 71.6 Å². The second-order valence-corrected chi connectivity index (χ2v) is 10.4. The molecule has 0 aromatic carbocycles. The molecule has 0 heterocycles. The monoisotopic (exact) mass is 429 g/mol. The summed E-state index contributed by atoms with van der Waals surface area (Å²) in [6, 6.07) is 0. The number of hydrogen-bond donors (Lipinski definition) is 2. The number of aliphatic hydroxyl groups is 1. The Morgan fingerprint density at radius 1 is 1.23 bits per heavy atom. The first-order valence-electron chi connectivity index (χ1n) is 11.7. The van der Waals surface area contributed by atoms with E-state index in [1.54, 1.807) is 0 Å². The Morgan fingerprint density at radius 3 is 2.74 bits per heavy atom. The molecule has 0 aromatic rings. The van der Waals surface area contributed by atoms with Crippen molar-refractivity contribution in [3.8, 4) is 0 Å². The van der Waals surface area contributed by atoms with Gasteiger partial charge in [-0.1, -0.05) is 31.1 Å². The lowest BCUT2D eigenvalue weighted by molar-refractivity contribution is -0.157. The molecule has 0 radical (unpaired) electrons. The fraction of sp³-hybridized carbons (Fsp3) is 0.720. The molecular weight excluding hydrogens is 394 g/mol. The molecule has 5 atom stereocenters. The van der Waals surface area contributed by atoms with Gasteiger partial charge in [0.2, 0.25) is 5.91 Å². The third kappa shape index (κ3) is 3.52. The van der Waals surface area contributed by atoms with Crippen molar-refractivity contribution < 1.29 is 24.2 Å². The zero-order valence-electron chi connectivity index (χ0n) is 18.7. The number of ketones is 2. The van der Waals surface area contributed by atoms with E-state index >= 15 is 0 Å². The summed E-state index contributed by atoms with van der Waals surface area (Å²) < 4.78 is 5.48. The van der Waals surface area contributed by atoms with Crippen molar-refractivity contribution >= 4 is 17.5 Å². The van der Waals surface area contributed by atoms with Crippen LogP contribution in [0, 0.1) is 22.7 Å². The van der Waals surface area contributed by atoms with E-state index in [0.717, 1.165) is 25.7 Å². The SMILES string of the molecule is C[C@]12CCC(=O)C=C1CCC1C2=CC[C@@]2(C)C1CC[C@]2(O)C(=O)COCCCC(N)=O. The third-order valence-electron chi connectivity index (χ3n) is 8.89. The molecule has 4 aliphatic carbocycles. The molecule has 6 nitrogen and oxygen atoms in total. The molecule has 2 unspecified atom stereocenters. The summed E-state index contributed by atoms with van der Waals surface area (Å²) in [4.78, 5) is 35.9. The minimum Gasteiger partial charge on any atom is -0.381 e. The summed E-state index contributed by atoms with van der Waals surface area (Å²) in [5.74, 6) is 0.217. The molecule has 0 aliphatic heterocycles. The van der Waals surface area contributed by atoms with E-state index in [2.05, 4.69) is 19.9 Å². The lowest BCUT2D eigenvalue weighted by Crippen LogP contribution is -2.55. The van der Waals surface area contributed by atoms with Crippen LogP contribution in [-0.4, -0.2) is 41.4 Å². The maximum atomic E-state index is 13.1. The Labute approximate surface area is 184 Å². The van der Waals surface area contributed by atoms with E-state index in [-0.39, 0.29) is 48.4 Å². The van der Waals surface area contributed by atoms with Crippen molar-refractivity contribution in [1.82, 2.24) is 0 Å². The van der Waals surface area contributed by atoms with Gasteiger partial charge in [-0.3, -0.25) is 14.4 Å². The molecule has 2 fully saturated rings. The minimum atomic E-state index is -1.39. The molecule has 170 valence electrons. The van der Waals surface area contributed by atoms with E-state index in [1.165, 1.54) is 11.1 Å². The van der Waals surface area contributed by atoms with Crippen LogP contribution in [0.25, 0.3) is 0 Å². The van der Waals surface area contributed by atoms with Crippen LogP contribution in [0.5, 0.6) is 0 Å². The molecule has 0 bridgehead atoms. The second-order valence-electron chi connectivity index (χ2n) is 10.4. The molecule has 0 saturated heterocycles. The lowest BCUT2D eigenvalue weighted by Gasteiger charge is -2.54. The number of amides is 1. The normalized spacial score (nSPS) is 39.1. The van der Waals surface area contributed by atoms with Crippen molar-refractivity contribution in [2.24, 2.45) is 28.4 Å². The van der Waals surface area contributed by atoms with Crippen LogP contribution in [0.3, 0.4) is 0 Å². The van der Waals surface area contributed by atoms with Crippen molar-refractivity contribution in [2.45, 2.75) is 77.2 Å². The summed E-state index contributed by atoms with van der Waals surface area (Å²) in [5.41, 5.74) is 5.89. The quantitative estimate of drug-likeness (QED) is 0.478. The Kier molecular flexibility index (Phi) is 5.76.